The van der Waals surface area contributed by atoms with E-state index >= 15 is 0 Å². The molecular formula is C20H24N4O3. The molecule has 0 saturated carbocycles. The topological polar surface area (TPSA) is 70.4 Å². The highest BCUT2D eigenvalue weighted by Gasteiger charge is 2.13. The lowest BCUT2D eigenvalue weighted by molar-refractivity contribution is 0.346. The molecule has 0 saturated heterocycles. The third kappa shape index (κ3) is 4.20. The van der Waals surface area contributed by atoms with Crippen LogP contribution in [0, 0.1) is 0 Å². The van der Waals surface area contributed by atoms with Crippen molar-refractivity contribution in [3.05, 3.63) is 60.2 Å². The lowest BCUT2D eigenvalue weighted by Crippen LogP contribution is -2.18. The van der Waals surface area contributed by atoms with Gasteiger partial charge in [-0.1, -0.05) is 12.1 Å². The summed E-state index contributed by atoms with van der Waals surface area (Å²) in [4.78, 5) is 3.97. The molecule has 0 aliphatic rings. The molecule has 0 fully saturated rings. The van der Waals surface area contributed by atoms with Crippen LogP contribution in [-0.2, 0) is 6.54 Å². The van der Waals surface area contributed by atoms with Crippen molar-refractivity contribution >= 4 is 0 Å². The molecule has 1 unspecified atom stereocenters. The van der Waals surface area contributed by atoms with Crippen LogP contribution in [0.25, 0.3) is 5.69 Å². The van der Waals surface area contributed by atoms with E-state index in [1.807, 2.05) is 24.3 Å². The predicted octanol–water partition coefficient (Wildman–Crippen LogP) is 3.14. The summed E-state index contributed by atoms with van der Waals surface area (Å²) in [6.45, 7) is 2.76. The maximum absolute atomic E-state index is 5.49. The molecule has 0 bridgehead atoms. The summed E-state index contributed by atoms with van der Waals surface area (Å²) in [5, 5.41) is 7.66. The second-order valence-electron chi connectivity index (χ2n) is 6.05. The summed E-state index contributed by atoms with van der Waals surface area (Å²) in [5.41, 5.74) is 3.16. The van der Waals surface area contributed by atoms with E-state index in [0.717, 1.165) is 17.0 Å². The Kier molecular flexibility index (Phi) is 5.93. The Morgan fingerprint density at radius 3 is 2.22 bits per heavy atom. The number of nitrogens with one attached hydrogen (secondary N) is 1. The quantitative estimate of drug-likeness (QED) is 0.659. The number of rotatable bonds is 8. The molecule has 7 nitrogen and oxygen atoms in total. The van der Waals surface area contributed by atoms with Gasteiger partial charge in [0, 0.05) is 24.2 Å². The number of methoxy groups -OCH3 is 3. The van der Waals surface area contributed by atoms with E-state index < -0.39 is 0 Å². The average Bonchev–Trinajstić information content (AvgIpc) is 3.26. The standard InChI is InChI=1S/C20H24N4O3/c1-14(15-5-7-17(8-6-15)24-13-21-12-23-24)22-11-16-9-19(26-3)20(27-4)10-18(16)25-2/h5-10,12-14,22H,11H2,1-4H3. The first-order valence-electron chi connectivity index (χ1n) is 8.63. The minimum absolute atomic E-state index is 0.160. The van der Waals surface area contributed by atoms with Gasteiger partial charge in [0.2, 0.25) is 0 Å². The van der Waals surface area contributed by atoms with Crippen molar-refractivity contribution in [1.82, 2.24) is 20.1 Å². The zero-order chi connectivity index (χ0) is 19.2. The largest absolute Gasteiger partial charge is 0.496 e. The van der Waals surface area contributed by atoms with Crippen molar-refractivity contribution in [2.24, 2.45) is 0 Å². The fraction of sp³-hybridized carbons (Fsp3) is 0.300. The van der Waals surface area contributed by atoms with Gasteiger partial charge in [0.15, 0.2) is 11.5 Å². The lowest BCUT2D eigenvalue weighted by Gasteiger charge is -2.18. The van der Waals surface area contributed by atoms with Gasteiger partial charge in [0.05, 0.1) is 27.0 Å². The highest BCUT2D eigenvalue weighted by atomic mass is 16.5. The molecule has 7 heteroatoms. The molecule has 3 aromatic rings. The molecule has 0 radical (unpaired) electrons. The van der Waals surface area contributed by atoms with Crippen LogP contribution in [0.1, 0.15) is 24.1 Å². The van der Waals surface area contributed by atoms with E-state index in [1.165, 1.54) is 11.9 Å². The van der Waals surface area contributed by atoms with Crippen molar-refractivity contribution in [2.45, 2.75) is 19.5 Å². The van der Waals surface area contributed by atoms with Crippen molar-refractivity contribution in [3.63, 3.8) is 0 Å². The summed E-state index contributed by atoms with van der Waals surface area (Å²) in [6, 6.07) is 12.2. The van der Waals surface area contributed by atoms with Crippen LogP contribution in [0.4, 0.5) is 0 Å². The first-order valence-corrected chi connectivity index (χ1v) is 8.63. The first-order chi connectivity index (χ1) is 13.2. The Morgan fingerprint density at radius 1 is 0.963 bits per heavy atom. The van der Waals surface area contributed by atoms with Gasteiger partial charge in [-0.15, -0.1) is 0 Å². The molecule has 27 heavy (non-hydrogen) atoms. The third-order valence-corrected chi connectivity index (χ3v) is 4.46. The molecule has 1 N–H and O–H groups in total. The van der Waals surface area contributed by atoms with Crippen LogP contribution in [0.2, 0.25) is 0 Å². The molecule has 1 atom stereocenters. The van der Waals surface area contributed by atoms with Gasteiger partial charge in [-0.25, -0.2) is 9.67 Å². The fourth-order valence-electron chi connectivity index (χ4n) is 2.87. The van der Waals surface area contributed by atoms with E-state index in [-0.39, 0.29) is 6.04 Å². The second-order valence-corrected chi connectivity index (χ2v) is 6.05. The van der Waals surface area contributed by atoms with Gasteiger partial charge in [0.25, 0.3) is 0 Å². The van der Waals surface area contributed by atoms with E-state index in [4.69, 9.17) is 14.2 Å². The Bertz CT molecular complexity index is 864. The number of benzene rings is 2. The first kappa shape index (κ1) is 18.7. The molecular weight excluding hydrogens is 344 g/mol. The van der Waals surface area contributed by atoms with Crippen molar-refractivity contribution in [2.75, 3.05) is 21.3 Å². The molecule has 1 heterocycles. The Labute approximate surface area is 158 Å². The van der Waals surface area contributed by atoms with Gasteiger partial charge >= 0.3 is 0 Å². The summed E-state index contributed by atoms with van der Waals surface area (Å²) >= 11 is 0. The minimum atomic E-state index is 0.160. The maximum atomic E-state index is 5.49. The van der Waals surface area contributed by atoms with Crippen LogP contribution in [0.15, 0.2) is 49.1 Å². The molecule has 142 valence electrons. The SMILES string of the molecule is COc1cc(OC)c(OC)cc1CNC(C)c1ccc(-n2cncn2)cc1. The summed E-state index contributed by atoms with van der Waals surface area (Å²) in [6.07, 6.45) is 3.20. The van der Waals surface area contributed by atoms with Gasteiger partial charge in [-0.05, 0) is 30.7 Å². The summed E-state index contributed by atoms with van der Waals surface area (Å²) in [5.74, 6) is 2.09. The van der Waals surface area contributed by atoms with E-state index in [9.17, 15) is 0 Å². The van der Waals surface area contributed by atoms with Crippen LogP contribution < -0.4 is 19.5 Å². The Morgan fingerprint density at radius 2 is 1.63 bits per heavy atom. The molecule has 0 spiro atoms. The van der Waals surface area contributed by atoms with Crippen molar-refractivity contribution < 1.29 is 14.2 Å². The van der Waals surface area contributed by atoms with Crippen molar-refractivity contribution in [3.8, 4) is 22.9 Å². The maximum Gasteiger partial charge on any atom is 0.164 e. The number of ether oxygens (including phenoxy) is 3. The minimum Gasteiger partial charge on any atom is -0.496 e. The zero-order valence-electron chi connectivity index (χ0n) is 16.0. The van der Waals surface area contributed by atoms with Gasteiger partial charge in [0.1, 0.15) is 18.4 Å². The van der Waals surface area contributed by atoms with E-state index in [1.54, 1.807) is 32.3 Å². The second kappa shape index (κ2) is 8.55. The van der Waals surface area contributed by atoms with Crippen LogP contribution in [0.3, 0.4) is 0 Å². The highest BCUT2D eigenvalue weighted by Crippen LogP contribution is 2.34. The van der Waals surface area contributed by atoms with Gasteiger partial charge < -0.3 is 19.5 Å². The summed E-state index contributed by atoms with van der Waals surface area (Å²) < 4.78 is 18.0. The monoisotopic (exact) mass is 368 g/mol. The lowest BCUT2D eigenvalue weighted by atomic mass is 10.1. The molecule has 0 aliphatic heterocycles. The highest BCUT2D eigenvalue weighted by molar-refractivity contribution is 5.50. The van der Waals surface area contributed by atoms with Crippen LogP contribution in [0.5, 0.6) is 17.2 Å². The normalized spacial score (nSPS) is 11.9. The number of aromatic nitrogens is 3. The van der Waals surface area contributed by atoms with E-state index in [2.05, 4.69) is 34.5 Å². The van der Waals surface area contributed by atoms with Crippen molar-refractivity contribution in [1.29, 1.82) is 0 Å². The summed E-state index contributed by atoms with van der Waals surface area (Å²) in [7, 11) is 4.89. The van der Waals surface area contributed by atoms with Gasteiger partial charge in [-0.2, -0.15) is 5.10 Å². The molecule has 3 rings (SSSR count). The molecule has 2 aromatic carbocycles. The zero-order valence-corrected chi connectivity index (χ0v) is 16.0. The molecule has 0 aliphatic carbocycles. The van der Waals surface area contributed by atoms with Gasteiger partial charge in [-0.3, -0.25) is 0 Å². The molecule has 1 aromatic heterocycles. The van der Waals surface area contributed by atoms with Crippen LogP contribution in [-0.4, -0.2) is 36.1 Å². The van der Waals surface area contributed by atoms with E-state index in [0.29, 0.717) is 18.0 Å². The van der Waals surface area contributed by atoms with Crippen LogP contribution >= 0.6 is 0 Å². The molecule has 0 amide bonds. The fourth-order valence-corrected chi connectivity index (χ4v) is 2.87. The average molecular weight is 368 g/mol. The Balaban J connectivity index is 1.70. The number of hydrogen-bond donors (Lipinski definition) is 1. The predicted molar refractivity (Wildman–Crippen MR) is 103 cm³/mol. The Hall–Kier alpha value is -3.06. The number of hydrogen-bond acceptors (Lipinski definition) is 6. The third-order valence-electron chi connectivity index (χ3n) is 4.46. The smallest absolute Gasteiger partial charge is 0.164 e. The number of nitrogens with zero attached hydrogens (tertiary/aromatic N) is 3.